The topological polar surface area (TPSA) is 64.4 Å². The zero-order valence-electron chi connectivity index (χ0n) is 9.89. The van der Waals surface area contributed by atoms with Crippen molar-refractivity contribution in [2.24, 2.45) is 5.92 Å². The van der Waals surface area contributed by atoms with Crippen molar-refractivity contribution < 1.29 is 9.59 Å². The van der Waals surface area contributed by atoms with Crippen LogP contribution < -0.4 is 0 Å². The van der Waals surface area contributed by atoms with Gasteiger partial charge in [0.05, 0.1) is 6.07 Å². The predicted molar refractivity (Wildman–Crippen MR) is 60.7 cm³/mol. The molecule has 0 unspecified atom stereocenters. The van der Waals surface area contributed by atoms with E-state index in [9.17, 15) is 9.59 Å². The third kappa shape index (κ3) is 2.96. The number of carbonyl (C=O) groups excluding carboxylic acids is 2. The van der Waals surface area contributed by atoms with Crippen molar-refractivity contribution in [3.8, 4) is 6.07 Å². The molecule has 0 bridgehead atoms. The van der Waals surface area contributed by atoms with Crippen LogP contribution in [-0.2, 0) is 9.59 Å². The third-order valence-corrected chi connectivity index (χ3v) is 3.32. The lowest BCUT2D eigenvalue weighted by Gasteiger charge is -2.21. The highest BCUT2D eigenvalue weighted by molar-refractivity contribution is 5.81. The molecule has 0 N–H and O–H groups in total. The average molecular weight is 235 g/mol. The second-order valence-corrected chi connectivity index (χ2v) is 4.67. The Morgan fingerprint density at radius 1 is 1.12 bits per heavy atom. The van der Waals surface area contributed by atoms with Gasteiger partial charge in [-0.25, -0.2) is 0 Å². The standard InChI is InChI=1S/C12H17N3O2/c13-5-4-11(16)14-6-1-7-15(9-8-14)12(17)10-2-3-10/h10H,1-4,6-9H2. The molecule has 0 aromatic carbocycles. The summed E-state index contributed by atoms with van der Waals surface area (Å²) in [7, 11) is 0. The molecule has 2 amide bonds. The van der Waals surface area contributed by atoms with Gasteiger partial charge in [0, 0.05) is 32.1 Å². The molecule has 1 saturated carbocycles. The van der Waals surface area contributed by atoms with Gasteiger partial charge in [-0.3, -0.25) is 9.59 Å². The summed E-state index contributed by atoms with van der Waals surface area (Å²) in [6.07, 6.45) is 2.80. The van der Waals surface area contributed by atoms with Gasteiger partial charge in [-0.15, -0.1) is 0 Å². The van der Waals surface area contributed by atoms with Crippen molar-refractivity contribution in [3.05, 3.63) is 0 Å². The number of nitriles is 1. The molecule has 2 aliphatic rings. The molecular weight excluding hydrogens is 218 g/mol. The zero-order valence-corrected chi connectivity index (χ0v) is 9.89. The van der Waals surface area contributed by atoms with Crippen LogP contribution in [0, 0.1) is 17.2 Å². The average Bonchev–Trinajstić information content (AvgIpc) is 3.15. The normalized spacial score (nSPS) is 20.6. The Morgan fingerprint density at radius 2 is 1.76 bits per heavy atom. The molecule has 1 aliphatic heterocycles. The molecule has 1 heterocycles. The minimum absolute atomic E-state index is 0.0590. The highest BCUT2D eigenvalue weighted by Gasteiger charge is 2.34. The van der Waals surface area contributed by atoms with E-state index in [1.165, 1.54) is 0 Å². The van der Waals surface area contributed by atoms with E-state index < -0.39 is 0 Å². The van der Waals surface area contributed by atoms with Gasteiger partial charge in [0.25, 0.3) is 0 Å². The molecule has 0 spiro atoms. The molecule has 0 aromatic heterocycles. The van der Waals surface area contributed by atoms with Crippen molar-refractivity contribution in [1.29, 1.82) is 5.26 Å². The summed E-state index contributed by atoms with van der Waals surface area (Å²) in [5, 5.41) is 8.50. The molecule has 5 nitrogen and oxygen atoms in total. The Labute approximate surface area is 101 Å². The molecule has 0 aromatic rings. The maximum absolute atomic E-state index is 11.9. The van der Waals surface area contributed by atoms with Gasteiger partial charge < -0.3 is 9.80 Å². The number of amides is 2. The van der Waals surface area contributed by atoms with Gasteiger partial charge in [-0.2, -0.15) is 5.26 Å². The number of carbonyl (C=O) groups is 2. The van der Waals surface area contributed by atoms with Crippen LogP contribution >= 0.6 is 0 Å². The lowest BCUT2D eigenvalue weighted by atomic mass is 10.3. The minimum Gasteiger partial charge on any atom is -0.341 e. The van der Waals surface area contributed by atoms with Crippen molar-refractivity contribution in [2.45, 2.75) is 25.7 Å². The molecule has 17 heavy (non-hydrogen) atoms. The number of hydrogen-bond donors (Lipinski definition) is 0. The van der Waals surface area contributed by atoms with E-state index in [-0.39, 0.29) is 24.2 Å². The SMILES string of the molecule is N#CCC(=O)N1CCCN(C(=O)C2CC2)CC1. The summed E-state index contributed by atoms with van der Waals surface area (Å²) in [5.74, 6) is 0.379. The molecule has 0 atom stereocenters. The van der Waals surface area contributed by atoms with Crippen molar-refractivity contribution in [3.63, 3.8) is 0 Å². The summed E-state index contributed by atoms with van der Waals surface area (Å²) in [6, 6.07) is 1.88. The Kier molecular flexibility index (Phi) is 3.62. The number of nitrogens with zero attached hydrogens (tertiary/aromatic N) is 3. The Balaban J connectivity index is 1.86. The molecule has 5 heteroatoms. The van der Waals surface area contributed by atoms with Crippen molar-refractivity contribution in [1.82, 2.24) is 9.80 Å². The van der Waals surface area contributed by atoms with Crippen LogP contribution in [0.4, 0.5) is 0 Å². The number of rotatable bonds is 2. The summed E-state index contributed by atoms with van der Waals surface area (Å²) in [6.45, 7) is 2.59. The number of hydrogen-bond acceptors (Lipinski definition) is 3. The summed E-state index contributed by atoms with van der Waals surface area (Å²) >= 11 is 0. The van der Waals surface area contributed by atoms with Crippen molar-refractivity contribution >= 4 is 11.8 Å². The second-order valence-electron chi connectivity index (χ2n) is 4.67. The van der Waals surface area contributed by atoms with Crippen LogP contribution in [0.25, 0.3) is 0 Å². The highest BCUT2D eigenvalue weighted by atomic mass is 16.2. The first-order chi connectivity index (χ1) is 8.22. The van der Waals surface area contributed by atoms with E-state index in [0.29, 0.717) is 19.6 Å². The van der Waals surface area contributed by atoms with Gasteiger partial charge in [0.15, 0.2) is 0 Å². The summed E-state index contributed by atoms with van der Waals surface area (Å²) < 4.78 is 0. The van der Waals surface area contributed by atoms with Gasteiger partial charge in [0.2, 0.25) is 11.8 Å². The fraction of sp³-hybridized carbons (Fsp3) is 0.750. The van der Waals surface area contributed by atoms with Crippen LogP contribution in [0.3, 0.4) is 0 Å². The van der Waals surface area contributed by atoms with Crippen LogP contribution in [0.5, 0.6) is 0 Å². The smallest absolute Gasteiger partial charge is 0.236 e. The van der Waals surface area contributed by atoms with Gasteiger partial charge in [-0.1, -0.05) is 0 Å². The quantitative estimate of drug-likeness (QED) is 0.694. The fourth-order valence-corrected chi connectivity index (χ4v) is 2.16. The van der Waals surface area contributed by atoms with E-state index in [4.69, 9.17) is 5.26 Å². The van der Waals surface area contributed by atoms with Crippen molar-refractivity contribution in [2.75, 3.05) is 26.2 Å². The van der Waals surface area contributed by atoms with Crippen LogP contribution in [0.15, 0.2) is 0 Å². The minimum atomic E-state index is -0.117. The van der Waals surface area contributed by atoms with E-state index in [0.717, 1.165) is 25.8 Å². The molecule has 1 saturated heterocycles. The van der Waals surface area contributed by atoms with Gasteiger partial charge in [-0.05, 0) is 19.3 Å². The first-order valence-corrected chi connectivity index (χ1v) is 6.16. The van der Waals surface area contributed by atoms with Gasteiger partial charge in [0.1, 0.15) is 6.42 Å². The van der Waals surface area contributed by atoms with Crippen LogP contribution in [0.2, 0.25) is 0 Å². The molecule has 2 fully saturated rings. The van der Waals surface area contributed by atoms with E-state index >= 15 is 0 Å². The van der Waals surface area contributed by atoms with E-state index in [1.807, 2.05) is 11.0 Å². The lowest BCUT2D eigenvalue weighted by Crippen LogP contribution is -2.37. The Morgan fingerprint density at radius 3 is 2.41 bits per heavy atom. The fourth-order valence-electron chi connectivity index (χ4n) is 2.16. The van der Waals surface area contributed by atoms with Crippen LogP contribution in [0.1, 0.15) is 25.7 Å². The molecular formula is C12H17N3O2. The van der Waals surface area contributed by atoms with E-state index in [1.54, 1.807) is 4.90 Å². The highest BCUT2D eigenvalue weighted by Crippen LogP contribution is 2.31. The van der Waals surface area contributed by atoms with E-state index in [2.05, 4.69) is 0 Å². The molecule has 2 rings (SSSR count). The lowest BCUT2D eigenvalue weighted by molar-refractivity contribution is -0.133. The summed E-state index contributed by atoms with van der Waals surface area (Å²) in [5.41, 5.74) is 0. The zero-order chi connectivity index (χ0) is 12.3. The summed E-state index contributed by atoms with van der Waals surface area (Å²) in [4.78, 5) is 27.0. The third-order valence-electron chi connectivity index (χ3n) is 3.32. The first kappa shape index (κ1) is 11.9. The molecule has 1 aliphatic carbocycles. The molecule has 92 valence electrons. The molecule has 0 radical (unpaired) electrons. The Bertz CT molecular complexity index is 357. The Hall–Kier alpha value is -1.57. The monoisotopic (exact) mass is 235 g/mol. The maximum Gasteiger partial charge on any atom is 0.236 e. The largest absolute Gasteiger partial charge is 0.341 e. The predicted octanol–water partition coefficient (Wildman–Crippen LogP) is 0.371. The van der Waals surface area contributed by atoms with Crippen LogP contribution in [-0.4, -0.2) is 47.8 Å². The first-order valence-electron chi connectivity index (χ1n) is 6.16. The second kappa shape index (κ2) is 5.17. The van der Waals surface area contributed by atoms with Gasteiger partial charge >= 0.3 is 0 Å². The maximum atomic E-state index is 11.9.